The fourth-order valence-electron chi connectivity index (χ4n) is 2.59. The standard InChI is InChI=1S/C16H21FN2O2/c1-12(20)19-9-7-15(8-10-19)18-16(21)6-5-13-3-2-4-14(17)11-13/h2-4,11,15H,5-10H2,1H3,(H,18,21). The lowest BCUT2D eigenvalue weighted by atomic mass is 10.0. The smallest absolute Gasteiger partial charge is 0.220 e. The number of amides is 2. The molecule has 1 aliphatic heterocycles. The second kappa shape index (κ2) is 7.20. The fourth-order valence-corrected chi connectivity index (χ4v) is 2.59. The van der Waals surface area contributed by atoms with Crippen molar-refractivity contribution in [3.63, 3.8) is 0 Å². The maximum atomic E-state index is 13.0. The molecule has 0 spiro atoms. The van der Waals surface area contributed by atoms with Crippen molar-refractivity contribution in [1.82, 2.24) is 10.2 Å². The Morgan fingerprint density at radius 1 is 1.33 bits per heavy atom. The largest absolute Gasteiger partial charge is 0.353 e. The third-order valence-electron chi connectivity index (χ3n) is 3.84. The van der Waals surface area contributed by atoms with Crippen LogP contribution >= 0.6 is 0 Å². The van der Waals surface area contributed by atoms with Gasteiger partial charge in [-0.25, -0.2) is 4.39 Å². The van der Waals surface area contributed by atoms with Gasteiger partial charge in [-0.05, 0) is 37.0 Å². The molecule has 0 radical (unpaired) electrons. The van der Waals surface area contributed by atoms with Crippen molar-refractivity contribution in [3.05, 3.63) is 35.6 Å². The average Bonchev–Trinajstić information content (AvgIpc) is 2.46. The van der Waals surface area contributed by atoms with Crippen LogP contribution in [0.25, 0.3) is 0 Å². The monoisotopic (exact) mass is 292 g/mol. The van der Waals surface area contributed by atoms with Crippen molar-refractivity contribution in [3.8, 4) is 0 Å². The minimum Gasteiger partial charge on any atom is -0.353 e. The van der Waals surface area contributed by atoms with Crippen LogP contribution in [0, 0.1) is 5.82 Å². The molecular formula is C16H21FN2O2. The first-order chi connectivity index (χ1) is 10.0. The van der Waals surface area contributed by atoms with Crippen LogP contribution in [-0.4, -0.2) is 35.8 Å². The number of carbonyl (C=O) groups excluding carboxylic acids is 2. The first-order valence-electron chi connectivity index (χ1n) is 7.34. The minimum atomic E-state index is -0.274. The van der Waals surface area contributed by atoms with Crippen LogP contribution in [-0.2, 0) is 16.0 Å². The predicted octanol–water partition coefficient (Wildman–Crippen LogP) is 1.89. The molecule has 114 valence electrons. The summed E-state index contributed by atoms with van der Waals surface area (Å²) < 4.78 is 13.0. The van der Waals surface area contributed by atoms with E-state index in [0.29, 0.717) is 25.9 Å². The molecule has 1 fully saturated rings. The number of hydrogen-bond acceptors (Lipinski definition) is 2. The quantitative estimate of drug-likeness (QED) is 0.921. The highest BCUT2D eigenvalue weighted by Gasteiger charge is 2.21. The number of nitrogens with zero attached hydrogens (tertiary/aromatic N) is 1. The van der Waals surface area contributed by atoms with Gasteiger partial charge in [-0.3, -0.25) is 9.59 Å². The van der Waals surface area contributed by atoms with Gasteiger partial charge in [0.1, 0.15) is 5.82 Å². The summed E-state index contributed by atoms with van der Waals surface area (Å²) in [6, 6.07) is 6.47. The van der Waals surface area contributed by atoms with E-state index < -0.39 is 0 Å². The van der Waals surface area contributed by atoms with E-state index in [2.05, 4.69) is 5.32 Å². The number of hydrogen-bond donors (Lipinski definition) is 1. The molecular weight excluding hydrogens is 271 g/mol. The van der Waals surface area contributed by atoms with Gasteiger partial charge in [0.15, 0.2) is 0 Å². The predicted molar refractivity (Wildman–Crippen MR) is 78.1 cm³/mol. The minimum absolute atomic E-state index is 0.0134. The zero-order chi connectivity index (χ0) is 15.2. The third kappa shape index (κ3) is 4.85. The number of piperidine rings is 1. The van der Waals surface area contributed by atoms with E-state index >= 15 is 0 Å². The van der Waals surface area contributed by atoms with Gasteiger partial charge in [0.05, 0.1) is 0 Å². The topological polar surface area (TPSA) is 49.4 Å². The van der Waals surface area contributed by atoms with Gasteiger partial charge in [-0.2, -0.15) is 0 Å². The van der Waals surface area contributed by atoms with E-state index in [1.54, 1.807) is 17.9 Å². The molecule has 0 aromatic heterocycles. The second-order valence-electron chi connectivity index (χ2n) is 5.48. The highest BCUT2D eigenvalue weighted by Crippen LogP contribution is 2.11. The molecule has 5 heteroatoms. The van der Waals surface area contributed by atoms with E-state index in [-0.39, 0.29) is 23.7 Å². The molecule has 2 rings (SSSR count). The van der Waals surface area contributed by atoms with E-state index in [9.17, 15) is 14.0 Å². The Morgan fingerprint density at radius 3 is 2.67 bits per heavy atom. The highest BCUT2D eigenvalue weighted by molar-refractivity contribution is 5.76. The SMILES string of the molecule is CC(=O)N1CCC(NC(=O)CCc2cccc(F)c2)CC1. The van der Waals surface area contributed by atoms with Gasteiger partial charge in [-0.15, -0.1) is 0 Å². The number of halogens is 1. The van der Waals surface area contributed by atoms with Crippen molar-refractivity contribution in [2.45, 2.75) is 38.6 Å². The zero-order valence-electron chi connectivity index (χ0n) is 12.3. The van der Waals surface area contributed by atoms with Gasteiger partial charge < -0.3 is 10.2 Å². The van der Waals surface area contributed by atoms with E-state index in [1.165, 1.54) is 12.1 Å². The molecule has 0 saturated carbocycles. The highest BCUT2D eigenvalue weighted by atomic mass is 19.1. The van der Waals surface area contributed by atoms with Gasteiger partial charge in [0, 0.05) is 32.5 Å². The Morgan fingerprint density at radius 2 is 2.05 bits per heavy atom. The number of nitrogens with one attached hydrogen (secondary N) is 1. The van der Waals surface area contributed by atoms with Crippen LogP contribution in [0.15, 0.2) is 24.3 Å². The Hall–Kier alpha value is -1.91. The van der Waals surface area contributed by atoms with Gasteiger partial charge in [-0.1, -0.05) is 12.1 Å². The maximum Gasteiger partial charge on any atom is 0.220 e. The fraction of sp³-hybridized carbons (Fsp3) is 0.500. The summed E-state index contributed by atoms with van der Waals surface area (Å²) in [5.74, 6) is -0.198. The molecule has 1 heterocycles. The molecule has 0 unspecified atom stereocenters. The summed E-state index contributed by atoms with van der Waals surface area (Å²) in [6.45, 7) is 2.96. The first-order valence-corrected chi connectivity index (χ1v) is 7.34. The third-order valence-corrected chi connectivity index (χ3v) is 3.84. The van der Waals surface area contributed by atoms with Crippen molar-refractivity contribution < 1.29 is 14.0 Å². The Kier molecular flexibility index (Phi) is 5.31. The van der Waals surface area contributed by atoms with Crippen molar-refractivity contribution >= 4 is 11.8 Å². The van der Waals surface area contributed by atoms with Crippen LogP contribution in [0.1, 0.15) is 31.7 Å². The number of aryl methyl sites for hydroxylation is 1. The van der Waals surface area contributed by atoms with Crippen molar-refractivity contribution in [2.75, 3.05) is 13.1 Å². The van der Waals surface area contributed by atoms with Crippen LogP contribution in [0.3, 0.4) is 0 Å². The Bertz CT molecular complexity index is 511. The van der Waals surface area contributed by atoms with Crippen LogP contribution < -0.4 is 5.32 Å². The summed E-state index contributed by atoms with van der Waals surface area (Å²) in [5, 5.41) is 2.99. The maximum absolute atomic E-state index is 13.0. The lowest BCUT2D eigenvalue weighted by Crippen LogP contribution is -2.46. The Balaban J connectivity index is 1.72. The molecule has 0 bridgehead atoms. The summed E-state index contributed by atoms with van der Waals surface area (Å²) in [5.41, 5.74) is 0.830. The zero-order valence-corrected chi connectivity index (χ0v) is 12.3. The summed E-state index contributed by atoms with van der Waals surface area (Å²) >= 11 is 0. The summed E-state index contributed by atoms with van der Waals surface area (Å²) in [7, 11) is 0. The first kappa shape index (κ1) is 15.5. The van der Waals surface area contributed by atoms with Gasteiger partial charge in [0.25, 0.3) is 0 Å². The molecule has 1 aromatic carbocycles. The average molecular weight is 292 g/mol. The lowest BCUT2D eigenvalue weighted by molar-refractivity contribution is -0.130. The van der Waals surface area contributed by atoms with Crippen molar-refractivity contribution in [1.29, 1.82) is 0 Å². The van der Waals surface area contributed by atoms with Crippen LogP contribution in [0.5, 0.6) is 0 Å². The number of benzene rings is 1. The molecule has 21 heavy (non-hydrogen) atoms. The van der Waals surface area contributed by atoms with E-state index in [0.717, 1.165) is 18.4 Å². The second-order valence-corrected chi connectivity index (χ2v) is 5.48. The molecule has 1 N–H and O–H groups in total. The number of carbonyl (C=O) groups is 2. The lowest BCUT2D eigenvalue weighted by Gasteiger charge is -2.31. The van der Waals surface area contributed by atoms with Gasteiger partial charge in [0.2, 0.25) is 11.8 Å². The molecule has 0 atom stereocenters. The molecule has 0 aliphatic carbocycles. The molecule has 1 aromatic rings. The van der Waals surface area contributed by atoms with Gasteiger partial charge >= 0.3 is 0 Å². The van der Waals surface area contributed by atoms with E-state index in [1.807, 2.05) is 6.07 Å². The number of rotatable bonds is 4. The van der Waals surface area contributed by atoms with Crippen LogP contribution in [0.2, 0.25) is 0 Å². The summed E-state index contributed by atoms with van der Waals surface area (Å²) in [6.07, 6.45) is 2.49. The Labute approximate surface area is 124 Å². The number of likely N-dealkylation sites (tertiary alicyclic amines) is 1. The molecule has 2 amide bonds. The van der Waals surface area contributed by atoms with Crippen molar-refractivity contribution in [2.24, 2.45) is 0 Å². The molecule has 4 nitrogen and oxygen atoms in total. The van der Waals surface area contributed by atoms with Crippen LogP contribution in [0.4, 0.5) is 4.39 Å². The summed E-state index contributed by atoms with van der Waals surface area (Å²) in [4.78, 5) is 24.9. The molecule has 1 aliphatic rings. The molecule has 1 saturated heterocycles. The van der Waals surface area contributed by atoms with E-state index in [4.69, 9.17) is 0 Å². The normalized spacial score (nSPS) is 15.8.